The molecule has 10 atom stereocenters. The molecule has 0 spiro atoms. The molecule has 0 N–H and O–H groups in total. The van der Waals surface area contributed by atoms with Gasteiger partial charge in [0.15, 0.2) is 0 Å². The van der Waals surface area contributed by atoms with Crippen LogP contribution in [0.5, 0.6) is 0 Å². The first-order valence-corrected chi connectivity index (χ1v) is 19.6. The molecule has 0 aromatic carbocycles. The molecule has 0 amide bonds. The molecule has 0 aliphatic heterocycles. The summed E-state index contributed by atoms with van der Waals surface area (Å²) < 4.78 is 6.38. The van der Waals surface area contributed by atoms with Crippen molar-refractivity contribution in [1.82, 2.24) is 0 Å². The predicted molar refractivity (Wildman–Crippen MR) is 186 cm³/mol. The number of carbonyl (C=O) groups excluding carboxylic acids is 1. The fraction of sp³-hybridized carbons (Fsp3) is 0.929. The molecule has 0 radical (unpaired) electrons. The molecule has 5 aliphatic rings. The van der Waals surface area contributed by atoms with Gasteiger partial charge in [0, 0.05) is 11.8 Å². The maximum atomic E-state index is 13.1. The molecule has 252 valence electrons. The summed E-state index contributed by atoms with van der Waals surface area (Å²) in [6, 6.07) is 0. The lowest BCUT2D eigenvalue weighted by molar-refractivity contribution is -0.249. The maximum absolute atomic E-state index is 13.1. The van der Waals surface area contributed by atoms with E-state index in [0.29, 0.717) is 34.0 Å². The number of fused-ring (bicyclic) bond motifs is 7. The van der Waals surface area contributed by atoms with Crippen molar-refractivity contribution in [2.75, 3.05) is 0 Å². The van der Waals surface area contributed by atoms with Gasteiger partial charge in [0.25, 0.3) is 0 Å². The van der Waals surface area contributed by atoms with E-state index in [1.807, 2.05) is 0 Å². The van der Waals surface area contributed by atoms with E-state index in [1.54, 1.807) is 0 Å². The highest BCUT2D eigenvalue weighted by molar-refractivity contribution is 5.69. The highest BCUT2D eigenvalue weighted by Crippen LogP contribution is 2.77. The second-order valence-corrected chi connectivity index (χ2v) is 18.8. The largest absolute Gasteiger partial charge is 0.462 e. The van der Waals surface area contributed by atoms with Gasteiger partial charge in [-0.3, -0.25) is 4.79 Å². The number of allylic oxidation sites excluding steroid dienone is 1. The SMILES string of the molecule is C=C(C)[C@@H]1CC[C@]2(C)CC[C@]3(C)[C@H](CC[C@@H]4[C@@]5(C)CC[C@H](OC(=O)CCCCCCCCCCC)C(C)(C)[C@@H]5CC[C@]43C)[C@@H]12. The first-order valence-electron chi connectivity index (χ1n) is 19.6. The lowest BCUT2D eigenvalue weighted by Crippen LogP contribution is -2.66. The van der Waals surface area contributed by atoms with Crippen molar-refractivity contribution >= 4 is 5.97 Å². The van der Waals surface area contributed by atoms with E-state index < -0.39 is 0 Å². The highest BCUT2D eigenvalue weighted by atomic mass is 16.5. The van der Waals surface area contributed by atoms with Gasteiger partial charge < -0.3 is 4.74 Å². The second kappa shape index (κ2) is 13.0. The molecule has 5 fully saturated rings. The minimum atomic E-state index is 0.0435. The van der Waals surface area contributed by atoms with Crippen LogP contribution < -0.4 is 0 Å². The Kier molecular flexibility index (Phi) is 10.2. The monoisotopic (exact) mass is 609 g/mol. The van der Waals surface area contributed by atoms with Gasteiger partial charge in [0.05, 0.1) is 0 Å². The Morgan fingerprint density at radius 3 is 2.02 bits per heavy atom. The van der Waals surface area contributed by atoms with E-state index in [1.165, 1.54) is 115 Å². The van der Waals surface area contributed by atoms with Crippen LogP contribution in [0.4, 0.5) is 0 Å². The van der Waals surface area contributed by atoms with Crippen molar-refractivity contribution in [2.24, 2.45) is 56.7 Å². The van der Waals surface area contributed by atoms with E-state index in [-0.39, 0.29) is 17.5 Å². The van der Waals surface area contributed by atoms with Crippen LogP contribution in [0, 0.1) is 56.7 Å². The van der Waals surface area contributed by atoms with E-state index >= 15 is 0 Å². The molecule has 0 bridgehead atoms. The number of ether oxygens (including phenoxy) is 1. The fourth-order valence-corrected chi connectivity index (χ4v) is 13.5. The number of hydrogen-bond acceptors (Lipinski definition) is 2. The zero-order valence-electron chi connectivity index (χ0n) is 30.6. The average Bonchev–Trinajstić information content (AvgIpc) is 3.32. The Hall–Kier alpha value is -0.790. The molecule has 0 aromatic rings. The first-order chi connectivity index (χ1) is 20.7. The second-order valence-electron chi connectivity index (χ2n) is 18.8. The Bertz CT molecular complexity index is 1030. The van der Waals surface area contributed by atoms with Crippen LogP contribution >= 0.6 is 0 Å². The van der Waals surface area contributed by atoms with E-state index in [0.717, 1.165) is 36.5 Å². The normalized spacial score (nSPS) is 44.2. The fourth-order valence-electron chi connectivity index (χ4n) is 13.5. The Morgan fingerprint density at radius 2 is 1.36 bits per heavy atom. The van der Waals surface area contributed by atoms with Gasteiger partial charge in [-0.05, 0) is 129 Å². The van der Waals surface area contributed by atoms with Crippen molar-refractivity contribution in [1.29, 1.82) is 0 Å². The van der Waals surface area contributed by atoms with Crippen molar-refractivity contribution in [2.45, 2.75) is 190 Å². The van der Waals surface area contributed by atoms with Crippen LogP contribution in [0.2, 0.25) is 0 Å². The third-order valence-electron chi connectivity index (χ3n) is 16.2. The summed E-state index contributed by atoms with van der Waals surface area (Å²) in [6.45, 7) is 24.9. The van der Waals surface area contributed by atoms with Crippen molar-refractivity contribution in [3.8, 4) is 0 Å². The van der Waals surface area contributed by atoms with Crippen molar-refractivity contribution in [3.05, 3.63) is 12.2 Å². The summed E-state index contributed by atoms with van der Waals surface area (Å²) in [5, 5.41) is 0. The standard InChI is InChI=1S/C42H72O2/c1-10-11-12-13-14-15-16-17-18-19-36(43)44-35-24-26-40(7)33(38(35,4)5)23-27-42(9)34(40)21-20-32-37-31(30(2)3)22-25-39(37,6)28-29-41(32,42)8/h31-35,37H,2,10-29H2,1,3-9H3/t31-,32+,33-,34+,35-,37+,39+,40-,41+,42+/m0/s1. The molecule has 0 aromatic heterocycles. The first kappa shape index (κ1) is 34.5. The van der Waals surface area contributed by atoms with Gasteiger partial charge in [-0.2, -0.15) is 0 Å². The molecular weight excluding hydrogens is 536 g/mol. The average molecular weight is 609 g/mol. The smallest absolute Gasteiger partial charge is 0.306 e. The summed E-state index contributed by atoms with van der Waals surface area (Å²) >= 11 is 0. The van der Waals surface area contributed by atoms with Gasteiger partial charge in [-0.1, -0.05) is 112 Å². The van der Waals surface area contributed by atoms with Crippen LogP contribution in [-0.4, -0.2) is 12.1 Å². The van der Waals surface area contributed by atoms with Crippen molar-refractivity contribution in [3.63, 3.8) is 0 Å². The Labute approximate surface area is 273 Å². The van der Waals surface area contributed by atoms with E-state index in [9.17, 15) is 4.79 Å². The number of rotatable bonds is 12. The van der Waals surface area contributed by atoms with Crippen molar-refractivity contribution < 1.29 is 9.53 Å². The molecule has 44 heavy (non-hydrogen) atoms. The summed E-state index contributed by atoms with van der Waals surface area (Å²) in [7, 11) is 0. The molecule has 2 heteroatoms. The van der Waals surface area contributed by atoms with Crippen LogP contribution in [0.15, 0.2) is 12.2 Å². The Morgan fingerprint density at radius 1 is 0.705 bits per heavy atom. The molecule has 5 saturated carbocycles. The van der Waals surface area contributed by atoms with Gasteiger partial charge in [-0.15, -0.1) is 0 Å². The molecular formula is C42H72O2. The molecule has 5 rings (SSSR count). The quantitative estimate of drug-likeness (QED) is 0.125. The third kappa shape index (κ3) is 5.80. The third-order valence-corrected chi connectivity index (χ3v) is 16.2. The summed E-state index contributed by atoms with van der Waals surface area (Å²) in [5.74, 6) is 3.89. The van der Waals surface area contributed by atoms with Crippen LogP contribution in [0.1, 0.15) is 184 Å². The zero-order valence-corrected chi connectivity index (χ0v) is 30.6. The topological polar surface area (TPSA) is 26.3 Å². The minimum absolute atomic E-state index is 0.0435. The number of esters is 1. The molecule has 0 saturated heterocycles. The van der Waals surface area contributed by atoms with Crippen LogP contribution in [-0.2, 0) is 9.53 Å². The summed E-state index contributed by atoms with van der Waals surface area (Å²) in [5.41, 5.74) is 3.20. The predicted octanol–water partition coefficient (Wildman–Crippen LogP) is 12.5. The van der Waals surface area contributed by atoms with E-state index in [4.69, 9.17) is 4.74 Å². The minimum Gasteiger partial charge on any atom is -0.462 e. The lowest BCUT2D eigenvalue weighted by Gasteiger charge is -2.73. The van der Waals surface area contributed by atoms with Crippen LogP contribution in [0.3, 0.4) is 0 Å². The van der Waals surface area contributed by atoms with Gasteiger partial charge in [-0.25, -0.2) is 0 Å². The number of unbranched alkanes of at least 4 members (excludes halogenated alkanes) is 8. The highest BCUT2D eigenvalue weighted by Gasteiger charge is 2.70. The molecule has 2 nitrogen and oxygen atoms in total. The van der Waals surface area contributed by atoms with E-state index in [2.05, 4.69) is 62.0 Å². The summed E-state index contributed by atoms with van der Waals surface area (Å²) in [6.07, 6.45) is 25.6. The zero-order chi connectivity index (χ0) is 32.0. The number of hydrogen-bond donors (Lipinski definition) is 0. The summed E-state index contributed by atoms with van der Waals surface area (Å²) in [4.78, 5) is 13.1. The van der Waals surface area contributed by atoms with Crippen LogP contribution in [0.25, 0.3) is 0 Å². The Balaban J connectivity index is 1.21. The lowest BCUT2D eigenvalue weighted by atomic mass is 9.32. The maximum Gasteiger partial charge on any atom is 0.306 e. The van der Waals surface area contributed by atoms with Gasteiger partial charge in [0.1, 0.15) is 6.10 Å². The number of carbonyl (C=O) groups is 1. The molecule has 0 heterocycles. The molecule has 0 unspecified atom stereocenters. The van der Waals surface area contributed by atoms with Gasteiger partial charge >= 0.3 is 5.97 Å². The van der Waals surface area contributed by atoms with Gasteiger partial charge in [0.2, 0.25) is 0 Å². The molecule has 5 aliphatic carbocycles.